The largest absolute Gasteiger partial charge is 0.544 e. The van der Waals surface area contributed by atoms with Crippen LogP contribution >= 0.6 is 0 Å². The van der Waals surface area contributed by atoms with Crippen LogP contribution in [-0.4, -0.2) is 40.2 Å². The van der Waals surface area contributed by atoms with E-state index < -0.39 is 23.3 Å². The van der Waals surface area contributed by atoms with E-state index in [-0.39, 0.29) is 5.78 Å². The van der Waals surface area contributed by atoms with Crippen molar-refractivity contribution in [1.82, 2.24) is 4.90 Å². The highest BCUT2D eigenvalue weighted by atomic mass is 28.4. The number of nitrogens with zero attached hydrogens (tertiary/aromatic N) is 1. The zero-order valence-corrected chi connectivity index (χ0v) is 14.2. The molecule has 1 aliphatic carbocycles. The minimum Gasteiger partial charge on any atom is -0.544 e. The van der Waals surface area contributed by atoms with E-state index in [1.807, 2.05) is 18.7 Å². The van der Waals surface area contributed by atoms with Crippen LogP contribution in [-0.2, 0) is 9.22 Å². The minimum atomic E-state index is -1.89. The molecule has 0 saturated heterocycles. The molecule has 0 fully saturated rings. The van der Waals surface area contributed by atoms with Gasteiger partial charge < -0.3 is 13.4 Å². The summed E-state index contributed by atoms with van der Waals surface area (Å²) in [4.78, 5) is 14.4. The van der Waals surface area contributed by atoms with Crippen molar-refractivity contribution in [2.75, 3.05) is 6.17 Å². The van der Waals surface area contributed by atoms with Gasteiger partial charge in [-0.25, -0.2) is 0 Å². The van der Waals surface area contributed by atoms with E-state index in [0.717, 1.165) is 25.0 Å². The molecule has 0 amide bonds. The van der Waals surface area contributed by atoms with E-state index in [2.05, 4.69) is 13.1 Å². The number of rotatable bonds is 2. The lowest BCUT2D eigenvalue weighted by Crippen LogP contribution is -2.58. The Hall–Kier alpha value is -0.626. The maximum Gasteiger partial charge on any atom is 0.322 e. The third kappa shape index (κ3) is 2.94. The van der Waals surface area contributed by atoms with Crippen LogP contribution in [0.25, 0.3) is 0 Å². The number of carbonyl (C=O) groups is 1. The van der Waals surface area contributed by atoms with Crippen molar-refractivity contribution in [3.05, 3.63) is 11.5 Å². The quantitative estimate of drug-likeness (QED) is 0.580. The Balaban J connectivity index is 2.47. The van der Waals surface area contributed by atoms with Crippen molar-refractivity contribution in [1.29, 1.82) is 0 Å². The molecule has 106 valence electrons. The van der Waals surface area contributed by atoms with Gasteiger partial charge >= 0.3 is 9.85 Å². The van der Waals surface area contributed by atoms with Crippen molar-refractivity contribution in [3.63, 3.8) is 0 Å². The van der Waals surface area contributed by atoms with Gasteiger partial charge in [0.05, 0.1) is 5.16 Å². The predicted octanol–water partition coefficient (Wildman–Crippen LogP) is 2.74. The number of Topliss-reactive ketones (excluding diaryl/α,β-unsaturated/α-hetero) is 1. The van der Waals surface area contributed by atoms with E-state index in [0.29, 0.717) is 18.3 Å². The molecule has 2 rings (SSSR count). The molecule has 0 N–H and O–H groups in total. The van der Waals surface area contributed by atoms with Crippen LogP contribution in [0, 0.1) is 0 Å². The highest BCUT2D eigenvalue weighted by Gasteiger charge is 2.45. The monoisotopic (exact) mass is 299 g/mol. The summed E-state index contributed by atoms with van der Waals surface area (Å²) in [5.41, 5.74) is 0.666. The summed E-state index contributed by atoms with van der Waals surface area (Å²) in [7, 11) is -2.60. The summed E-state index contributed by atoms with van der Waals surface area (Å²) in [6, 6.07) is 0. The van der Waals surface area contributed by atoms with Crippen LogP contribution in [0.2, 0.25) is 13.1 Å². The molecule has 0 spiro atoms. The van der Waals surface area contributed by atoms with Gasteiger partial charge in [0.2, 0.25) is 0 Å². The molecule has 0 atom stereocenters. The number of hydrogen-bond acceptors (Lipinski definition) is 3. The van der Waals surface area contributed by atoms with Crippen LogP contribution in [0.4, 0.5) is 4.11 Å². The standard InChI is InChI=1S/C13H22FNO2Si2/c1-13(2,18-14)15-9-19(3,4)17-11-8-6-5-7-10(16)12(11)15/h5-9H2,1-4H3. The van der Waals surface area contributed by atoms with Gasteiger partial charge in [-0.15, -0.1) is 0 Å². The SMILES string of the molecule is CC(C)([Si]F)N1C[Si](C)(C)OC2=C1C(=O)CCCC2. The average molecular weight is 299 g/mol. The fourth-order valence-electron chi connectivity index (χ4n) is 2.72. The second-order valence-corrected chi connectivity index (χ2v) is 12.0. The van der Waals surface area contributed by atoms with E-state index in [1.54, 1.807) is 0 Å². The van der Waals surface area contributed by atoms with Crippen LogP contribution in [0.5, 0.6) is 0 Å². The first-order valence-electron chi connectivity index (χ1n) is 6.88. The topological polar surface area (TPSA) is 29.5 Å². The first-order chi connectivity index (χ1) is 8.77. The third-order valence-corrected chi connectivity index (χ3v) is 6.31. The number of ketones is 1. The molecular weight excluding hydrogens is 277 g/mol. The van der Waals surface area contributed by atoms with Gasteiger partial charge in [0.1, 0.15) is 11.5 Å². The van der Waals surface area contributed by atoms with Crippen molar-refractivity contribution in [2.45, 2.75) is 57.8 Å². The van der Waals surface area contributed by atoms with Gasteiger partial charge in [-0.05, 0) is 39.8 Å². The van der Waals surface area contributed by atoms with Crippen LogP contribution in [0.15, 0.2) is 11.5 Å². The Bertz CT molecular complexity index is 421. The predicted molar refractivity (Wildman–Crippen MR) is 76.7 cm³/mol. The molecule has 0 bridgehead atoms. The Morgan fingerprint density at radius 1 is 1.32 bits per heavy atom. The van der Waals surface area contributed by atoms with Crippen LogP contribution in [0.1, 0.15) is 39.5 Å². The van der Waals surface area contributed by atoms with E-state index in [4.69, 9.17) is 4.43 Å². The number of hydrogen-bond donors (Lipinski definition) is 0. The fraction of sp³-hybridized carbons (Fsp3) is 0.769. The first kappa shape index (κ1) is 14.8. The summed E-state index contributed by atoms with van der Waals surface area (Å²) in [5.74, 6) is 0.958. The van der Waals surface area contributed by atoms with Gasteiger partial charge in [0, 0.05) is 19.0 Å². The lowest BCUT2D eigenvalue weighted by molar-refractivity contribution is -0.117. The Morgan fingerprint density at radius 3 is 2.58 bits per heavy atom. The molecule has 0 saturated carbocycles. The van der Waals surface area contributed by atoms with Crippen molar-refractivity contribution < 1.29 is 13.3 Å². The molecule has 19 heavy (non-hydrogen) atoms. The van der Waals surface area contributed by atoms with Crippen molar-refractivity contribution in [3.8, 4) is 0 Å². The van der Waals surface area contributed by atoms with E-state index in [9.17, 15) is 8.90 Å². The second kappa shape index (κ2) is 5.05. The maximum absolute atomic E-state index is 13.4. The molecule has 1 aliphatic heterocycles. The first-order valence-corrected chi connectivity index (χ1v) is 10.9. The van der Waals surface area contributed by atoms with Gasteiger partial charge in [0.15, 0.2) is 5.78 Å². The smallest absolute Gasteiger partial charge is 0.322 e. The third-order valence-electron chi connectivity index (χ3n) is 3.70. The maximum atomic E-state index is 13.4. The average Bonchev–Trinajstić information content (AvgIpc) is 2.49. The molecule has 2 radical (unpaired) electrons. The van der Waals surface area contributed by atoms with Crippen LogP contribution in [0.3, 0.4) is 0 Å². The highest BCUT2D eigenvalue weighted by molar-refractivity contribution is 6.72. The molecule has 0 unspecified atom stereocenters. The number of carbonyl (C=O) groups excluding carboxylic acids is 1. The molecule has 0 aromatic heterocycles. The van der Waals surface area contributed by atoms with Gasteiger partial charge in [0.25, 0.3) is 8.32 Å². The molecule has 6 heteroatoms. The molecule has 1 heterocycles. The number of halogens is 1. The summed E-state index contributed by atoms with van der Waals surface area (Å²) >= 11 is 0. The fourth-order valence-corrected chi connectivity index (χ4v) is 5.41. The van der Waals surface area contributed by atoms with Gasteiger partial charge in [-0.1, -0.05) is 0 Å². The van der Waals surface area contributed by atoms with Crippen LogP contribution < -0.4 is 0 Å². The van der Waals surface area contributed by atoms with E-state index in [1.165, 1.54) is 0 Å². The summed E-state index contributed by atoms with van der Waals surface area (Å²) in [5, 5.41) is -0.603. The molecule has 3 nitrogen and oxygen atoms in total. The summed E-state index contributed by atoms with van der Waals surface area (Å²) < 4.78 is 19.6. The Morgan fingerprint density at radius 2 is 1.95 bits per heavy atom. The zero-order chi connectivity index (χ0) is 14.3. The summed E-state index contributed by atoms with van der Waals surface area (Å²) in [6.07, 6.45) is 3.97. The molecule has 0 aromatic carbocycles. The summed E-state index contributed by atoms with van der Waals surface area (Å²) in [6.45, 7) is 8.03. The van der Waals surface area contributed by atoms with E-state index >= 15 is 0 Å². The normalized spacial score (nSPS) is 23.8. The molecule has 0 aromatic rings. The lowest BCUT2D eigenvalue weighted by atomic mass is 10.1. The zero-order valence-electron chi connectivity index (χ0n) is 12.2. The Kier molecular flexibility index (Phi) is 3.93. The number of allylic oxidation sites excluding steroid dienone is 2. The minimum absolute atomic E-state index is 0.128. The Labute approximate surface area is 118 Å². The molecule has 2 aliphatic rings. The van der Waals surface area contributed by atoms with Crippen molar-refractivity contribution >= 4 is 24.0 Å². The molecular formula is C13H22FNO2Si2. The van der Waals surface area contributed by atoms with Gasteiger partial charge in [-0.2, -0.15) is 0 Å². The highest BCUT2D eigenvalue weighted by Crippen LogP contribution is 2.36. The lowest BCUT2D eigenvalue weighted by Gasteiger charge is -2.47. The van der Waals surface area contributed by atoms with Crippen molar-refractivity contribution in [2.24, 2.45) is 0 Å². The second-order valence-electron chi connectivity index (χ2n) is 6.50. The van der Waals surface area contributed by atoms with Gasteiger partial charge in [-0.3, -0.25) is 4.79 Å².